The zero-order valence-corrected chi connectivity index (χ0v) is 9.32. The zero-order chi connectivity index (χ0) is 10.6. The minimum Gasteiger partial charge on any atom is -0.409 e. The molecule has 0 bridgehead atoms. The lowest BCUT2D eigenvalue weighted by Crippen LogP contribution is -2.33. The predicted molar refractivity (Wildman–Crippen MR) is 56.8 cm³/mol. The maximum atomic E-state index is 8.95. The molecule has 0 amide bonds. The maximum Gasteiger partial charge on any atom is 0.177 e. The molecule has 0 atom stereocenters. The van der Waals surface area contributed by atoms with Gasteiger partial charge in [0.1, 0.15) is 12.7 Å². The summed E-state index contributed by atoms with van der Waals surface area (Å²) >= 11 is 1.70. The molecule has 0 unspecified atom stereocenters. The van der Waals surface area contributed by atoms with E-state index in [1.165, 1.54) is 17.3 Å². The Morgan fingerprint density at radius 1 is 1.64 bits per heavy atom. The highest BCUT2D eigenvalue weighted by Crippen LogP contribution is 2.22. The summed E-state index contributed by atoms with van der Waals surface area (Å²) in [5.41, 5.74) is -0.234. The van der Waals surface area contributed by atoms with E-state index in [0.717, 1.165) is 5.75 Å². The first-order valence-electron chi connectivity index (χ1n) is 4.18. The molecule has 0 saturated heterocycles. The average Bonchev–Trinajstić information content (AvgIpc) is 2.57. The molecule has 1 N–H and O–H groups in total. The highest BCUT2D eigenvalue weighted by molar-refractivity contribution is 7.98. The lowest BCUT2D eigenvalue weighted by Gasteiger charge is -2.23. The van der Waals surface area contributed by atoms with Crippen LogP contribution in [0.3, 0.4) is 0 Å². The summed E-state index contributed by atoms with van der Waals surface area (Å²) in [6.07, 6.45) is 4.95. The number of hydrogen-bond acceptors (Lipinski definition) is 5. The number of oxime groups is 1. The van der Waals surface area contributed by atoms with Crippen LogP contribution in [0, 0.1) is 5.41 Å². The molecule has 1 aromatic rings. The monoisotopic (exact) mass is 214 g/mol. The summed E-state index contributed by atoms with van der Waals surface area (Å²) in [4.78, 5) is 3.82. The molecular weight excluding hydrogens is 200 g/mol. The van der Waals surface area contributed by atoms with Crippen LogP contribution >= 0.6 is 11.8 Å². The average molecular weight is 214 g/mol. The first-order valence-corrected chi connectivity index (χ1v) is 5.57. The third-order valence-corrected chi connectivity index (χ3v) is 2.85. The van der Waals surface area contributed by atoms with E-state index in [9.17, 15) is 0 Å². The minimum absolute atomic E-state index is 0.234. The van der Waals surface area contributed by atoms with Gasteiger partial charge in [0.15, 0.2) is 5.84 Å². The van der Waals surface area contributed by atoms with E-state index >= 15 is 0 Å². The molecule has 1 aromatic heterocycles. The zero-order valence-electron chi connectivity index (χ0n) is 8.51. The van der Waals surface area contributed by atoms with Crippen LogP contribution in [0.5, 0.6) is 0 Å². The normalized spacial score (nSPS) is 13.2. The predicted octanol–water partition coefficient (Wildman–Crippen LogP) is 1.30. The van der Waals surface area contributed by atoms with E-state index in [2.05, 4.69) is 15.2 Å². The van der Waals surface area contributed by atoms with Crippen LogP contribution in [-0.4, -0.2) is 37.8 Å². The third kappa shape index (κ3) is 2.25. The summed E-state index contributed by atoms with van der Waals surface area (Å²) < 4.78 is 1.48. The van der Waals surface area contributed by atoms with Crippen molar-refractivity contribution in [1.29, 1.82) is 0 Å². The Kier molecular flexibility index (Phi) is 3.51. The number of aromatic nitrogens is 3. The first kappa shape index (κ1) is 11.0. The lowest BCUT2D eigenvalue weighted by atomic mass is 9.95. The molecular formula is C8H14N4OS. The number of rotatable bonds is 3. The van der Waals surface area contributed by atoms with Crippen molar-refractivity contribution in [2.75, 3.05) is 12.0 Å². The van der Waals surface area contributed by atoms with E-state index in [-0.39, 0.29) is 5.41 Å². The second-order valence-electron chi connectivity index (χ2n) is 3.58. The van der Waals surface area contributed by atoms with Crippen molar-refractivity contribution in [2.45, 2.75) is 13.8 Å². The molecule has 0 aliphatic heterocycles. The molecule has 0 aromatic carbocycles. The Morgan fingerprint density at radius 3 is 2.79 bits per heavy atom. The van der Waals surface area contributed by atoms with Gasteiger partial charge in [0.05, 0.1) is 0 Å². The van der Waals surface area contributed by atoms with Gasteiger partial charge in [-0.05, 0) is 6.26 Å². The van der Waals surface area contributed by atoms with E-state index < -0.39 is 0 Å². The van der Waals surface area contributed by atoms with E-state index in [1.54, 1.807) is 11.8 Å². The van der Waals surface area contributed by atoms with Gasteiger partial charge in [0, 0.05) is 11.2 Å². The lowest BCUT2D eigenvalue weighted by molar-refractivity contribution is 0.307. The Bertz CT molecular complexity index is 307. The number of thioether (sulfide) groups is 1. The largest absolute Gasteiger partial charge is 0.409 e. The van der Waals surface area contributed by atoms with Crippen molar-refractivity contribution >= 4 is 17.6 Å². The highest BCUT2D eigenvalue weighted by atomic mass is 32.2. The van der Waals surface area contributed by atoms with Crippen molar-refractivity contribution in [2.24, 2.45) is 10.6 Å². The van der Waals surface area contributed by atoms with Gasteiger partial charge in [0.2, 0.25) is 0 Å². The maximum absolute atomic E-state index is 8.95. The second kappa shape index (κ2) is 4.45. The third-order valence-electron chi connectivity index (χ3n) is 1.84. The molecule has 1 rings (SSSR count). The molecule has 0 radical (unpaired) electrons. The van der Waals surface area contributed by atoms with Crippen LogP contribution in [0.4, 0.5) is 0 Å². The molecule has 14 heavy (non-hydrogen) atoms. The minimum atomic E-state index is -0.234. The molecule has 78 valence electrons. The SMILES string of the molecule is CSCC(C)(C)C(=NO)n1cncn1. The van der Waals surface area contributed by atoms with Crippen LogP contribution in [-0.2, 0) is 0 Å². The van der Waals surface area contributed by atoms with E-state index in [0.29, 0.717) is 5.84 Å². The summed E-state index contributed by atoms with van der Waals surface area (Å²) in [5, 5.41) is 16.2. The van der Waals surface area contributed by atoms with Crippen LogP contribution in [0.1, 0.15) is 13.8 Å². The molecule has 6 heteroatoms. The summed E-state index contributed by atoms with van der Waals surface area (Å²) in [6.45, 7) is 4.00. The second-order valence-corrected chi connectivity index (χ2v) is 4.45. The van der Waals surface area contributed by atoms with Gasteiger partial charge >= 0.3 is 0 Å². The fourth-order valence-corrected chi connectivity index (χ4v) is 2.09. The Morgan fingerprint density at radius 2 is 2.36 bits per heavy atom. The van der Waals surface area contributed by atoms with Crippen LogP contribution in [0.15, 0.2) is 17.8 Å². The molecule has 0 spiro atoms. The van der Waals surface area contributed by atoms with Crippen molar-refractivity contribution in [3.63, 3.8) is 0 Å². The van der Waals surface area contributed by atoms with Crippen LogP contribution < -0.4 is 0 Å². The van der Waals surface area contributed by atoms with Crippen LogP contribution in [0.2, 0.25) is 0 Å². The van der Waals surface area contributed by atoms with Crippen molar-refractivity contribution < 1.29 is 5.21 Å². The summed E-state index contributed by atoms with van der Waals surface area (Å²) in [7, 11) is 0. The molecule has 1 heterocycles. The fourth-order valence-electron chi connectivity index (χ4n) is 1.23. The fraction of sp³-hybridized carbons (Fsp3) is 0.625. The quantitative estimate of drug-likeness (QED) is 0.356. The molecule has 5 nitrogen and oxygen atoms in total. The van der Waals surface area contributed by atoms with Crippen molar-refractivity contribution in [1.82, 2.24) is 14.8 Å². The standard InChI is InChI=1S/C8H14N4OS/c1-8(2,4-14-3)7(11-13)12-6-9-5-10-12/h5-6,13H,4H2,1-3H3. The van der Waals surface area contributed by atoms with E-state index in [1.807, 2.05) is 20.1 Å². The molecule has 0 aliphatic carbocycles. The van der Waals surface area contributed by atoms with Gasteiger partial charge in [0.25, 0.3) is 0 Å². The van der Waals surface area contributed by atoms with Gasteiger partial charge in [-0.3, -0.25) is 0 Å². The first-order chi connectivity index (χ1) is 6.61. The Labute approximate surface area is 87.2 Å². The smallest absolute Gasteiger partial charge is 0.177 e. The van der Waals surface area contributed by atoms with Gasteiger partial charge < -0.3 is 5.21 Å². The molecule has 0 fully saturated rings. The van der Waals surface area contributed by atoms with Gasteiger partial charge in [-0.25, -0.2) is 9.67 Å². The Hall–Kier alpha value is -1.04. The number of hydrogen-bond donors (Lipinski definition) is 1. The van der Waals surface area contributed by atoms with Crippen molar-refractivity contribution in [3.05, 3.63) is 12.7 Å². The van der Waals surface area contributed by atoms with Gasteiger partial charge in [-0.15, -0.1) is 0 Å². The van der Waals surface area contributed by atoms with Gasteiger partial charge in [-0.2, -0.15) is 16.9 Å². The summed E-state index contributed by atoms with van der Waals surface area (Å²) in [5.74, 6) is 1.36. The Balaban J connectivity index is 2.94. The van der Waals surface area contributed by atoms with E-state index in [4.69, 9.17) is 5.21 Å². The molecule has 0 aliphatic rings. The summed E-state index contributed by atoms with van der Waals surface area (Å²) in [6, 6.07) is 0. The van der Waals surface area contributed by atoms with Crippen LogP contribution in [0.25, 0.3) is 0 Å². The van der Waals surface area contributed by atoms with Gasteiger partial charge in [-0.1, -0.05) is 19.0 Å². The highest BCUT2D eigenvalue weighted by Gasteiger charge is 2.27. The molecule has 0 saturated carbocycles. The topological polar surface area (TPSA) is 63.3 Å². The number of nitrogens with zero attached hydrogens (tertiary/aromatic N) is 4. The van der Waals surface area contributed by atoms with Crippen molar-refractivity contribution in [3.8, 4) is 0 Å².